The molecular weight excluding hydrogens is 273 g/mol. The first-order chi connectivity index (χ1) is 9.41. The first-order valence-corrected chi connectivity index (χ1v) is 5.78. The number of rotatable bonds is 3. The van der Waals surface area contributed by atoms with Crippen molar-refractivity contribution in [3.8, 4) is 0 Å². The third-order valence-corrected chi connectivity index (χ3v) is 2.66. The van der Waals surface area contributed by atoms with E-state index in [0.717, 1.165) is 17.7 Å². The number of nitrogens with one attached hydrogen (secondary N) is 2. The third kappa shape index (κ3) is 2.95. The molecule has 0 aliphatic heterocycles. The lowest BCUT2D eigenvalue weighted by atomic mass is 10.2. The lowest BCUT2D eigenvalue weighted by Gasteiger charge is -2.07. The zero-order valence-corrected chi connectivity index (χ0v) is 10.5. The SMILES string of the molecule is CCc1cn[nH]c1NC(=O)c1ccc(C(F)(F)F)cn1. The number of nitrogens with zero attached hydrogens (tertiary/aromatic N) is 2. The van der Waals surface area contributed by atoms with Crippen molar-refractivity contribution in [3.63, 3.8) is 0 Å². The molecule has 0 aliphatic carbocycles. The maximum atomic E-state index is 12.4. The van der Waals surface area contributed by atoms with Gasteiger partial charge in [0.15, 0.2) is 0 Å². The van der Waals surface area contributed by atoms with Crippen LogP contribution in [-0.4, -0.2) is 21.1 Å². The van der Waals surface area contributed by atoms with Crippen LogP contribution in [0.1, 0.15) is 28.5 Å². The van der Waals surface area contributed by atoms with Crippen LogP contribution in [0.15, 0.2) is 24.5 Å². The Morgan fingerprint density at radius 2 is 2.10 bits per heavy atom. The number of carbonyl (C=O) groups excluding carboxylic acids is 1. The molecular formula is C12H11F3N4O. The Hall–Kier alpha value is -2.38. The lowest BCUT2D eigenvalue weighted by molar-refractivity contribution is -0.137. The fourth-order valence-corrected chi connectivity index (χ4v) is 1.56. The van der Waals surface area contributed by atoms with Crippen molar-refractivity contribution < 1.29 is 18.0 Å². The van der Waals surface area contributed by atoms with Crippen molar-refractivity contribution >= 4 is 11.7 Å². The summed E-state index contributed by atoms with van der Waals surface area (Å²) in [4.78, 5) is 15.4. The van der Waals surface area contributed by atoms with Gasteiger partial charge < -0.3 is 5.32 Å². The number of halogens is 3. The molecule has 0 saturated heterocycles. The minimum atomic E-state index is -4.47. The van der Waals surface area contributed by atoms with Gasteiger partial charge in [0.05, 0.1) is 11.8 Å². The molecule has 2 aromatic rings. The summed E-state index contributed by atoms with van der Waals surface area (Å²) in [5.41, 5.74) is -0.204. The van der Waals surface area contributed by atoms with Crippen LogP contribution in [0.2, 0.25) is 0 Å². The average Bonchev–Trinajstić information content (AvgIpc) is 2.85. The predicted octanol–water partition coefficient (Wildman–Crippen LogP) is 2.64. The van der Waals surface area contributed by atoms with Gasteiger partial charge in [-0.15, -0.1) is 0 Å². The van der Waals surface area contributed by atoms with Gasteiger partial charge in [0.25, 0.3) is 5.91 Å². The summed E-state index contributed by atoms with van der Waals surface area (Å²) in [6, 6.07) is 1.84. The molecule has 2 heterocycles. The Balaban J connectivity index is 2.14. The molecule has 106 valence electrons. The van der Waals surface area contributed by atoms with E-state index in [1.807, 2.05) is 6.92 Å². The Bertz CT molecular complexity index is 604. The second-order valence-electron chi connectivity index (χ2n) is 4.01. The summed E-state index contributed by atoms with van der Waals surface area (Å²) >= 11 is 0. The number of carbonyl (C=O) groups is 1. The largest absolute Gasteiger partial charge is 0.417 e. The number of aromatic nitrogens is 3. The van der Waals surface area contributed by atoms with Crippen LogP contribution >= 0.6 is 0 Å². The molecule has 2 rings (SSSR count). The fourth-order valence-electron chi connectivity index (χ4n) is 1.56. The number of anilines is 1. The zero-order valence-electron chi connectivity index (χ0n) is 10.5. The summed E-state index contributed by atoms with van der Waals surface area (Å²) in [6.07, 6.45) is -1.62. The summed E-state index contributed by atoms with van der Waals surface area (Å²) < 4.78 is 37.1. The fraction of sp³-hybridized carbons (Fsp3) is 0.250. The van der Waals surface area contributed by atoms with Crippen molar-refractivity contribution in [3.05, 3.63) is 41.3 Å². The van der Waals surface area contributed by atoms with Crippen LogP contribution in [-0.2, 0) is 12.6 Å². The highest BCUT2D eigenvalue weighted by Gasteiger charge is 2.30. The van der Waals surface area contributed by atoms with Crippen molar-refractivity contribution in [2.45, 2.75) is 19.5 Å². The Kier molecular flexibility index (Phi) is 3.73. The van der Waals surface area contributed by atoms with Gasteiger partial charge in [0, 0.05) is 11.8 Å². The van der Waals surface area contributed by atoms with Crippen LogP contribution in [0.3, 0.4) is 0 Å². The number of hydrogen-bond acceptors (Lipinski definition) is 3. The summed E-state index contributed by atoms with van der Waals surface area (Å²) in [7, 11) is 0. The van der Waals surface area contributed by atoms with Gasteiger partial charge in [0.1, 0.15) is 11.5 Å². The molecule has 0 atom stereocenters. The Labute approximate surface area is 112 Å². The van der Waals surface area contributed by atoms with Crippen LogP contribution in [0, 0.1) is 0 Å². The number of amides is 1. The molecule has 0 saturated carbocycles. The highest BCUT2D eigenvalue weighted by molar-refractivity contribution is 6.02. The molecule has 0 spiro atoms. The quantitative estimate of drug-likeness (QED) is 0.910. The molecule has 8 heteroatoms. The average molecular weight is 284 g/mol. The van der Waals surface area contributed by atoms with E-state index < -0.39 is 17.6 Å². The topological polar surface area (TPSA) is 70.7 Å². The second-order valence-corrected chi connectivity index (χ2v) is 4.01. The third-order valence-electron chi connectivity index (χ3n) is 2.66. The minimum absolute atomic E-state index is 0.102. The van der Waals surface area contributed by atoms with E-state index in [2.05, 4.69) is 20.5 Å². The monoisotopic (exact) mass is 284 g/mol. The van der Waals surface area contributed by atoms with Crippen molar-refractivity contribution in [2.24, 2.45) is 0 Å². The van der Waals surface area contributed by atoms with Gasteiger partial charge >= 0.3 is 6.18 Å². The first kappa shape index (κ1) is 14.0. The van der Waals surface area contributed by atoms with Gasteiger partial charge in [0.2, 0.25) is 0 Å². The smallest absolute Gasteiger partial charge is 0.305 e. The van der Waals surface area contributed by atoms with Crippen LogP contribution in [0.4, 0.5) is 19.0 Å². The summed E-state index contributed by atoms with van der Waals surface area (Å²) in [5, 5.41) is 8.90. The number of hydrogen-bond donors (Lipinski definition) is 2. The van der Waals surface area contributed by atoms with Crippen molar-refractivity contribution in [2.75, 3.05) is 5.32 Å². The molecule has 1 amide bonds. The van der Waals surface area contributed by atoms with E-state index >= 15 is 0 Å². The number of pyridine rings is 1. The minimum Gasteiger partial charge on any atom is -0.305 e. The van der Waals surface area contributed by atoms with E-state index in [-0.39, 0.29) is 5.69 Å². The summed E-state index contributed by atoms with van der Waals surface area (Å²) in [6.45, 7) is 1.89. The Morgan fingerprint density at radius 3 is 2.65 bits per heavy atom. The maximum Gasteiger partial charge on any atom is 0.417 e. The number of alkyl halides is 3. The van der Waals surface area contributed by atoms with Gasteiger partial charge in [-0.3, -0.25) is 14.9 Å². The van der Waals surface area contributed by atoms with Gasteiger partial charge in [-0.25, -0.2) is 0 Å². The van der Waals surface area contributed by atoms with E-state index in [0.29, 0.717) is 18.4 Å². The second kappa shape index (κ2) is 5.32. The highest BCUT2D eigenvalue weighted by atomic mass is 19.4. The number of aromatic amines is 1. The first-order valence-electron chi connectivity index (χ1n) is 5.78. The normalized spacial score (nSPS) is 11.4. The Morgan fingerprint density at radius 1 is 1.35 bits per heavy atom. The molecule has 0 unspecified atom stereocenters. The van der Waals surface area contributed by atoms with E-state index in [4.69, 9.17) is 0 Å². The molecule has 20 heavy (non-hydrogen) atoms. The standard InChI is InChI=1S/C12H11F3N4O/c1-2-7-5-17-19-10(7)18-11(20)9-4-3-8(6-16-9)12(13,14)15/h3-6H,2H2,1H3,(H2,17,18,19,20). The predicted molar refractivity (Wildman–Crippen MR) is 65.2 cm³/mol. The maximum absolute atomic E-state index is 12.4. The van der Waals surface area contributed by atoms with E-state index in [1.165, 1.54) is 0 Å². The van der Waals surface area contributed by atoms with Crippen LogP contribution in [0.25, 0.3) is 0 Å². The molecule has 5 nitrogen and oxygen atoms in total. The highest BCUT2D eigenvalue weighted by Crippen LogP contribution is 2.28. The van der Waals surface area contributed by atoms with Gasteiger partial charge in [-0.2, -0.15) is 18.3 Å². The van der Waals surface area contributed by atoms with Crippen molar-refractivity contribution in [1.82, 2.24) is 15.2 Å². The number of H-pyrrole nitrogens is 1. The van der Waals surface area contributed by atoms with Crippen LogP contribution < -0.4 is 5.32 Å². The molecule has 0 fully saturated rings. The molecule has 0 bridgehead atoms. The molecule has 0 radical (unpaired) electrons. The molecule has 0 aliphatic rings. The lowest BCUT2D eigenvalue weighted by Crippen LogP contribution is -2.16. The molecule has 2 N–H and O–H groups in total. The molecule has 2 aromatic heterocycles. The molecule has 0 aromatic carbocycles. The number of aryl methyl sites for hydroxylation is 1. The summed E-state index contributed by atoms with van der Waals surface area (Å²) in [5.74, 6) is -0.183. The van der Waals surface area contributed by atoms with E-state index in [9.17, 15) is 18.0 Å². The van der Waals surface area contributed by atoms with Gasteiger partial charge in [-0.05, 0) is 18.6 Å². The van der Waals surface area contributed by atoms with Crippen LogP contribution in [0.5, 0.6) is 0 Å². The van der Waals surface area contributed by atoms with Gasteiger partial charge in [-0.1, -0.05) is 6.92 Å². The van der Waals surface area contributed by atoms with Crippen molar-refractivity contribution in [1.29, 1.82) is 0 Å². The van der Waals surface area contributed by atoms with E-state index in [1.54, 1.807) is 6.20 Å². The zero-order chi connectivity index (χ0) is 14.8.